The molecule has 0 unspecified atom stereocenters. The predicted octanol–water partition coefficient (Wildman–Crippen LogP) is 0.820. The molecule has 3 rings (SSSR count). The SMILES string of the molecule is CC(=O)c1c(C)c(Cl)c2cccc(OO[C@@H]3O[C@H](CO)[C@@H](O)[C@H](O)[C@H]3O)c2c1O. The third kappa shape index (κ3) is 3.78. The highest BCUT2D eigenvalue weighted by molar-refractivity contribution is 6.37. The van der Waals surface area contributed by atoms with Crippen molar-refractivity contribution in [2.75, 3.05) is 6.61 Å². The highest BCUT2D eigenvalue weighted by atomic mass is 35.5. The molecule has 158 valence electrons. The Bertz CT molecular complexity index is 930. The topological polar surface area (TPSA) is 146 Å². The standard InChI is InChI=1S/C19H21ClO9/c1-7-12(8(2)22)16(24)13-9(14(7)20)4-3-5-10(13)28-29-19-18(26)17(25)15(23)11(6-21)27-19/h3-5,11,15,17-19,21,23-26H,6H2,1-2H3/t11-,15-,17+,18-,19+/m1/s1. The molecule has 0 bridgehead atoms. The van der Waals surface area contributed by atoms with Crippen LogP contribution in [0.25, 0.3) is 10.8 Å². The molecule has 1 heterocycles. The number of fused-ring (bicyclic) bond motifs is 1. The summed E-state index contributed by atoms with van der Waals surface area (Å²) in [6.07, 6.45) is -7.58. The van der Waals surface area contributed by atoms with E-state index in [9.17, 15) is 30.3 Å². The summed E-state index contributed by atoms with van der Waals surface area (Å²) in [7, 11) is 0. The molecule has 0 spiro atoms. The van der Waals surface area contributed by atoms with Crippen molar-refractivity contribution in [3.05, 3.63) is 34.3 Å². The van der Waals surface area contributed by atoms with Crippen LogP contribution < -0.4 is 4.89 Å². The molecular weight excluding hydrogens is 408 g/mol. The number of halogens is 1. The minimum absolute atomic E-state index is 0.0265. The second-order valence-corrected chi connectivity index (χ2v) is 7.15. The second kappa shape index (κ2) is 8.41. The Hall–Kier alpha value is -1.98. The van der Waals surface area contributed by atoms with Gasteiger partial charge in [-0.2, -0.15) is 4.89 Å². The Morgan fingerprint density at radius 3 is 2.52 bits per heavy atom. The van der Waals surface area contributed by atoms with Gasteiger partial charge >= 0.3 is 0 Å². The molecule has 1 fully saturated rings. The van der Waals surface area contributed by atoms with E-state index in [1.165, 1.54) is 13.0 Å². The number of benzene rings is 2. The number of rotatable bonds is 5. The van der Waals surface area contributed by atoms with Gasteiger partial charge in [-0.1, -0.05) is 23.7 Å². The van der Waals surface area contributed by atoms with Crippen LogP contribution in [-0.2, 0) is 9.62 Å². The number of carbonyl (C=O) groups excluding carboxylic acids is 1. The number of ketones is 1. The molecule has 9 nitrogen and oxygen atoms in total. The first kappa shape index (κ1) is 21.7. The van der Waals surface area contributed by atoms with Crippen LogP contribution in [-0.4, -0.2) is 68.6 Å². The highest BCUT2D eigenvalue weighted by Gasteiger charge is 2.45. The van der Waals surface area contributed by atoms with Crippen molar-refractivity contribution in [2.45, 2.75) is 44.6 Å². The van der Waals surface area contributed by atoms with Gasteiger partial charge in [-0.05, 0) is 25.5 Å². The van der Waals surface area contributed by atoms with Crippen LogP contribution in [0.15, 0.2) is 18.2 Å². The summed E-state index contributed by atoms with van der Waals surface area (Å²) in [5.41, 5.74) is 0.447. The maximum atomic E-state index is 12.0. The third-order valence-electron chi connectivity index (χ3n) is 4.87. The molecule has 0 aliphatic carbocycles. The van der Waals surface area contributed by atoms with Crippen LogP contribution in [0.1, 0.15) is 22.8 Å². The van der Waals surface area contributed by atoms with E-state index in [2.05, 4.69) is 0 Å². The lowest BCUT2D eigenvalue weighted by atomic mass is 9.97. The number of phenols is 1. The maximum Gasteiger partial charge on any atom is 0.232 e. The first-order valence-electron chi connectivity index (χ1n) is 8.77. The second-order valence-electron chi connectivity index (χ2n) is 6.77. The lowest BCUT2D eigenvalue weighted by Crippen LogP contribution is -2.59. The normalized spacial score (nSPS) is 27.2. The zero-order chi connectivity index (χ0) is 21.5. The van der Waals surface area contributed by atoms with E-state index < -0.39 is 43.1 Å². The number of aliphatic hydroxyl groups excluding tert-OH is 4. The molecule has 10 heteroatoms. The van der Waals surface area contributed by atoms with Gasteiger partial charge in [0.1, 0.15) is 30.2 Å². The summed E-state index contributed by atoms with van der Waals surface area (Å²) < 4.78 is 5.20. The van der Waals surface area contributed by atoms with E-state index in [0.29, 0.717) is 10.9 Å². The third-order valence-corrected chi connectivity index (χ3v) is 5.36. The Morgan fingerprint density at radius 1 is 1.21 bits per heavy atom. The zero-order valence-electron chi connectivity index (χ0n) is 15.6. The number of hydrogen-bond acceptors (Lipinski definition) is 9. The number of aliphatic hydroxyl groups is 4. The number of ether oxygens (including phenoxy) is 1. The van der Waals surface area contributed by atoms with Crippen molar-refractivity contribution in [2.24, 2.45) is 0 Å². The van der Waals surface area contributed by atoms with Gasteiger partial charge in [0.05, 0.1) is 22.6 Å². The van der Waals surface area contributed by atoms with Crippen LogP contribution in [0, 0.1) is 6.92 Å². The molecule has 2 aromatic carbocycles. The van der Waals surface area contributed by atoms with E-state index in [4.69, 9.17) is 26.1 Å². The van der Waals surface area contributed by atoms with Crippen molar-refractivity contribution in [1.82, 2.24) is 0 Å². The molecule has 0 amide bonds. The Balaban J connectivity index is 1.96. The summed E-state index contributed by atoms with van der Waals surface area (Å²) in [6, 6.07) is 4.63. The molecule has 5 N–H and O–H groups in total. The van der Waals surface area contributed by atoms with Crippen LogP contribution >= 0.6 is 11.6 Å². The monoisotopic (exact) mass is 428 g/mol. The first-order valence-corrected chi connectivity index (χ1v) is 9.15. The number of hydrogen-bond donors (Lipinski definition) is 5. The zero-order valence-corrected chi connectivity index (χ0v) is 16.3. The lowest BCUT2D eigenvalue weighted by Gasteiger charge is -2.38. The van der Waals surface area contributed by atoms with Crippen LogP contribution in [0.4, 0.5) is 0 Å². The van der Waals surface area contributed by atoms with Gasteiger partial charge in [-0.15, -0.1) is 0 Å². The Labute approximate surface area is 170 Å². The molecule has 1 aliphatic heterocycles. The van der Waals surface area contributed by atoms with Gasteiger partial charge in [0.15, 0.2) is 11.5 Å². The number of phenolic OH excluding ortho intramolecular Hbond substituents is 1. The van der Waals surface area contributed by atoms with Gasteiger partial charge in [0.25, 0.3) is 0 Å². The summed E-state index contributed by atoms with van der Waals surface area (Å²) in [5.74, 6) is -0.766. The van der Waals surface area contributed by atoms with Gasteiger partial charge in [-0.3, -0.25) is 4.79 Å². The Kier molecular flexibility index (Phi) is 6.30. The smallest absolute Gasteiger partial charge is 0.232 e. The summed E-state index contributed by atoms with van der Waals surface area (Å²) in [5, 5.41) is 50.3. The fourth-order valence-electron chi connectivity index (χ4n) is 3.32. The molecule has 5 atom stereocenters. The van der Waals surface area contributed by atoms with Gasteiger partial charge in [0, 0.05) is 5.39 Å². The summed E-state index contributed by atoms with van der Waals surface area (Å²) in [6.45, 7) is 2.27. The first-order chi connectivity index (χ1) is 13.7. The van der Waals surface area contributed by atoms with Gasteiger partial charge in [0.2, 0.25) is 6.29 Å². The molecular formula is C19H21ClO9. The molecule has 2 aromatic rings. The fourth-order valence-corrected chi connectivity index (χ4v) is 3.57. The molecule has 29 heavy (non-hydrogen) atoms. The largest absolute Gasteiger partial charge is 0.506 e. The van der Waals surface area contributed by atoms with Gasteiger partial charge < -0.3 is 35.2 Å². The quantitative estimate of drug-likeness (QED) is 0.265. The summed E-state index contributed by atoms with van der Waals surface area (Å²) in [4.78, 5) is 22.3. The minimum atomic E-state index is -1.67. The Morgan fingerprint density at radius 2 is 1.90 bits per heavy atom. The van der Waals surface area contributed by atoms with Crippen molar-refractivity contribution < 1.29 is 44.8 Å². The summed E-state index contributed by atoms with van der Waals surface area (Å²) >= 11 is 6.35. The van der Waals surface area contributed by atoms with E-state index in [1.807, 2.05) is 0 Å². The van der Waals surface area contributed by atoms with Crippen molar-refractivity contribution in [3.63, 3.8) is 0 Å². The fraction of sp³-hybridized carbons (Fsp3) is 0.421. The van der Waals surface area contributed by atoms with Crippen LogP contribution in [0.5, 0.6) is 11.5 Å². The van der Waals surface area contributed by atoms with Crippen molar-refractivity contribution in [3.8, 4) is 11.5 Å². The number of aromatic hydroxyl groups is 1. The number of Topliss-reactive ketones (excluding diaryl/α,β-unsaturated/α-hetero) is 1. The van der Waals surface area contributed by atoms with Crippen molar-refractivity contribution >= 4 is 28.2 Å². The van der Waals surface area contributed by atoms with Crippen molar-refractivity contribution in [1.29, 1.82) is 0 Å². The predicted molar refractivity (Wildman–Crippen MR) is 101 cm³/mol. The molecule has 0 aromatic heterocycles. The van der Waals surface area contributed by atoms with E-state index in [-0.39, 0.29) is 27.5 Å². The number of carbonyl (C=O) groups is 1. The van der Waals surface area contributed by atoms with E-state index >= 15 is 0 Å². The molecule has 0 radical (unpaired) electrons. The van der Waals surface area contributed by atoms with E-state index in [1.54, 1.807) is 19.1 Å². The minimum Gasteiger partial charge on any atom is -0.506 e. The van der Waals surface area contributed by atoms with Crippen LogP contribution in [0.2, 0.25) is 5.02 Å². The highest BCUT2D eigenvalue weighted by Crippen LogP contribution is 2.43. The van der Waals surface area contributed by atoms with E-state index in [0.717, 1.165) is 0 Å². The average molecular weight is 429 g/mol. The lowest BCUT2D eigenvalue weighted by molar-refractivity contribution is -0.386. The maximum absolute atomic E-state index is 12.0. The molecule has 0 saturated carbocycles. The molecule has 1 saturated heterocycles. The van der Waals surface area contributed by atoms with Gasteiger partial charge in [-0.25, -0.2) is 0 Å². The molecule has 1 aliphatic rings. The average Bonchev–Trinajstić information content (AvgIpc) is 2.69. The van der Waals surface area contributed by atoms with Crippen LogP contribution in [0.3, 0.4) is 0 Å².